The minimum absolute atomic E-state index is 0.0695. The van der Waals surface area contributed by atoms with Gasteiger partial charge in [0.25, 0.3) is 0 Å². The molecule has 0 unspecified atom stereocenters. The van der Waals surface area contributed by atoms with Gasteiger partial charge in [0.15, 0.2) is 0 Å². The molecule has 0 spiro atoms. The summed E-state index contributed by atoms with van der Waals surface area (Å²) in [6.45, 7) is 1.24. The molecule has 5 aromatic rings. The van der Waals surface area contributed by atoms with E-state index in [0.717, 1.165) is 18.4 Å². The molecule has 3 heterocycles. The van der Waals surface area contributed by atoms with Gasteiger partial charge in [0.2, 0.25) is 17.1 Å². The molecule has 15 heteroatoms. The van der Waals surface area contributed by atoms with E-state index in [1.165, 1.54) is 34.8 Å². The van der Waals surface area contributed by atoms with Crippen LogP contribution >= 0.6 is 34.3 Å². The molecule has 2 aromatic carbocycles. The molecule has 1 fully saturated rings. The molecule has 6 rings (SSSR count). The Morgan fingerprint density at radius 2 is 1.76 bits per heavy atom. The molecular weight excluding hydrogens is 764 g/mol. The van der Waals surface area contributed by atoms with Gasteiger partial charge >= 0.3 is 5.97 Å². The van der Waals surface area contributed by atoms with Crippen molar-refractivity contribution in [2.75, 3.05) is 39.1 Å². The Kier molecular flexibility index (Phi) is 13.3. The molecule has 55 heavy (non-hydrogen) atoms. The summed E-state index contributed by atoms with van der Waals surface area (Å²) in [6, 6.07) is 16.8. The molecule has 0 aliphatic heterocycles. The molecule has 292 valence electrons. The Labute approximate surface area is 331 Å². The zero-order valence-electron chi connectivity index (χ0n) is 30.5. The summed E-state index contributed by atoms with van der Waals surface area (Å²) >= 11 is 9.25. The monoisotopic (exact) mass is 808 g/mol. The van der Waals surface area contributed by atoms with Gasteiger partial charge in [-0.05, 0) is 97.9 Å². The summed E-state index contributed by atoms with van der Waals surface area (Å²) in [5.41, 5.74) is -0.0489. The first kappa shape index (κ1) is 40.4. The van der Waals surface area contributed by atoms with Gasteiger partial charge in [-0.3, -0.25) is 9.59 Å². The van der Waals surface area contributed by atoms with E-state index in [9.17, 15) is 29.7 Å². The van der Waals surface area contributed by atoms with Gasteiger partial charge in [-0.1, -0.05) is 29.8 Å². The zero-order valence-corrected chi connectivity index (χ0v) is 32.9. The number of hydrogen-bond acceptors (Lipinski definition) is 12. The van der Waals surface area contributed by atoms with Gasteiger partial charge in [-0.2, -0.15) is 0 Å². The van der Waals surface area contributed by atoms with Crippen LogP contribution in [-0.4, -0.2) is 83.0 Å². The predicted octanol–water partition coefficient (Wildman–Crippen LogP) is 5.94. The van der Waals surface area contributed by atoms with Crippen molar-refractivity contribution in [2.45, 2.75) is 62.4 Å². The van der Waals surface area contributed by atoms with Gasteiger partial charge in [0.1, 0.15) is 17.6 Å². The number of aromatic amines is 1. The topological polar surface area (TPSA) is 173 Å². The van der Waals surface area contributed by atoms with Crippen molar-refractivity contribution in [3.63, 3.8) is 0 Å². The number of phenols is 1. The first-order valence-corrected chi connectivity index (χ1v) is 20.2. The highest BCUT2D eigenvalue weighted by atomic mass is 35.5. The van der Waals surface area contributed by atoms with Crippen LogP contribution in [0.15, 0.2) is 76.2 Å². The van der Waals surface area contributed by atoms with E-state index in [-0.39, 0.29) is 47.8 Å². The predicted molar refractivity (Wildman–Crippen MR) is 215 cm³/mol. The van der Waals surface area contributed by atoms with Crippen molar-refractivity contribution in [3.8, 4) is 11.5 Å². The number of fused-ring (bicyclic) bond motifs is 1. The SMILES string of the molecule is COc1cc(NC(=O)CCN(C)C2CCC(OC(=O)C(O)(c3cccs3)c3cccs3)CC2)c(Cl)cc1CCNC[C@H](O)c1ccc(O)c2[nH]c(=O)ccc12. The fraction of sp³-hybridized carbons (Fsp3) is 0.375. The van der Waals surface area contributed by atoms with Crippen LogP contribution in [0.5, 0.6) is 11.5 Å². The number of halogens is 1. The van der Waals surface area contributed by atoms with E-state index >= 15 is 0 Å². The van der Waals surface area contributed by atoms with E-state index in [4.69, 9.17) is 21.1 Å². The average Bonchev–Trinajstić information content (AvgIpc) is 3.93. The second-order valence-corrected chi connectivity index (χ2v) is 16.0. The number of hydrogen-bond donors (Lipinski definition) is 6. The number of thiophene rings is 2. The number of carbonyl (C=O) groups excluding carboxylic acids is 2. The number of nitrogens with zero attached hydrogens (tertiary/aromatic N) is 1. The first-order chi connectivity index (χ1) is 26.5. The lowest BCUT2D eigenvalue weighted by molar-refractivity contribution is -0.169. The number of aromatic nitrogens is 1. The third-order valence-electron chi connectivity index (χ3n) is 10.1. The fourth-order valence-electron chi connectivity index (χ4n) is 7.00. The number of rotatable bonds is 16. The number of carbonyl (C=O) groups is 2. The lowest BCUT2D eigenvalue weighted by Gasteiger charge is -2.35. The number of aliphatic hydroxyl groups excluding tert-OH is 1. The van der Waals surface area contributed by atoms with Crippen LogP contribution in [0.25, 0.3) is 10.9 Å². The number of aromatic hydroxyl groups is 1. The molecule has 6 N–H and O–H groups in total. The summed E-state index contributed by atoms with van der Waals surface area (Å²) in [6.07, 6.45) is 2.50. The standard InChI is InChI=1S/C40H45ClN4O8S2/c1-45(25-7-9-26(10-8-25)53-39(50)40(51,34-5-3-19-54-34)35-6-4-20-55-35)18-16-37(49)43-30-22-33(52-2)24(21-29(30)41)15-17-42-23-32(47)27-11-13-31(46)38-28(27)12-14-36(48)44-38/h3-6,11-14,19-22,25-26,32,42,46-47,51H,7-10,15-18,23H2,1-2H3,(H,43,49)(H,44,48)/t25?,26?,32-/m0/s1. The fourth-order valence-corrected chi connectivity index (χ4v) is 8.95. The summed E-state index contributed by atoms with van der Waals surface area (Å²) in [4.78, 5) is 44.0. The molecule has 0 bridgehead atoms. The zero-order chi connectivity index (χ0) is 39.1. The van der Waals surface area contributed by atoms with Crippen LogP contribution < -0.4 is 20.9 Å². The van der Waals surface area contributed by atoms with E-state index in [2.05, 4.69) is 20.5 Å². The third kappa shape index (κ3) is 9.41. The maximum Gasteiger partial charge on any atom is 0.349 e. The number of anilines is 1. The summed E-state index contributed by atoms with van der Waals surface area (Å²) in [5, 5.41) is 43.3. The Morgan fingerprint density at radius 3 is 2.42 bits per heavy atom. The number of esters is 1. The molecule has 1 amide bonds. The summed E-state index contributed by atoms with van der Waals surface area (Å²) < 4.78 is 11.5. The number of pyridine rings is 1. The van der Waals surface area contributed by atoms with Crippen LogP contribution in [0.3, 0.4) is 0 Å². The quantitative estimate of drug-likeness (QED) is 0.0518. The first-order valence-electron chi connectivity index (χ1n) is 18.1. The normalized spacial score (nSPS) is 16.6. The number of amides is 1. The van der Waals surface area contributed by atoms with Crippen molar-refractivity contribution >= 4 is 62.7 Å². The highest BCUT2D eigenvalue weighted by Crippen LogP contribution is 2.38. The molecular formula is C40H45ClN4O8S2. The Bertz CT molecular complexity index is 2100. The van der Waals surface area contributed by atoms with Crippen LogP contribution in [0, 0.1) is 0 Å². The van der Waals surface area contributed by atoms with E-state index in [1.807, 2.05) is 29.9 Å². The smallest absolute Gasteiger partial charge is 0.349 e. The van der Waals surface area contributed by atoms with Crippen molar-refractivity contribution in [3.05, 3.63) is 108 Å². The molecule has 1 atom stereocenters. The van der Waals surface area contributed by atoms with E-state index in [0.29, 0.717) is 69.5 Å². The van der Waals surface area contributed by atoms with Gasteiger partial charge in [0.05, 0.1) is 39.2 Å². The average molecular weight is 809 g/mol. The second-order valence-electron chi connectivity index (χ2n) is 13.7. The van der Waals surface area contributed by atoms with Crippen LogP contribution in [0.2, 0.25) is 5.02 Å². The second kappa shape index (κ2) is 18.1. The molecule has 0 saturated heterocycles. The van der Waals surface area contributed by atoms with Crippen molar-refractivity contribution < 1.29 is 34.4 Å². The summed E-state index contributed by atoms with van der Waals surface area (Å²) in [7, 11) is 3.54. The van der Waals surface area contributed by atoms with Crippen molar-refractivity contribution in [1.29, 1.82) is 0 Å². The molecule has 3 aromatic heterocycles. The molecule has 1 aliphatic carbocycles. The van der Waals surface area contributed by atoms with Gasteiger partial charge in [-0.15, -0.1) is 22.7 Å². The minimum atomic E-state index is -1.82. The summed E-state index contributed by atoms with van der Waals surface area (Å²) in [5.74, 6) is -0.342. The van der Waals surface area contributed by atoms with Crippen LogP contribution in [0.1, 0.15) is 59.1 Å². The molecule has 1 aliphatic rings. The number of phenolic OH excluding ortho intramolecular Hbond substituents is 1. The van der Waals surface area contributed by atoms with Gasteiger partial charge in [0, 0.05) is 43.1 Å². The third-order valence-corrected chi connectivity index (χ3v) is 12.4. The van der Waals surface area contributed by atoms with Crippen LogP contribution in [0.4, 0.5) is 5.69 Å². The van der Waals surface area contributed by atoms with E-state index < -0.39 is 17.7 Å². The number of benzene rings is 2. The number of methoxy groups -OCH3 is 1. The number of aliphatic hydroxyl groups is 2. The molecule has 12 nitrogen and oxygen atoms in total. The lowest BCUT2D eigenvalue weighted by atomic mass is 9.91. The van der Waals surface area contributed by atoms with Crippen LogP contribution in [-0.2, 0) is 26.3 Å². The highest BCUT2D eigenvalue weighted by Gasteiger charge is 2.45. The Balaban J connectivity index is 0.946. The van der Waals surface area contributed by atoms with E-state index in [1.54, 1.807) is 43.5 Å². The lowest BCUT2D eigenvalue weighted by Crippen LogP contribution is -2.42. The number of ether oxygens (including phenoxy) is 2. The largest absolute Gasteiger partial charge is 0.506 e. The van der Waals surface area contributed by atoms with Crippen molar-refractivity contribution in [1.82, 2.24) is 15.2 Å². The van der Waals surface area contributed by atoms with Gasteiger partial charge in [-0.25, -0.2) is 4.79 Å². The minimum Gasteiger partial charge on any atom is -0.506 e. The van der Waals surface area contributed by atoms with Crippen molar-refractivity contribution in [2.24, 2.45) is 0 Å². The Hall–Kier alpha value is -4.28. The Morgan fingerprint density at radius 1 is 1.05 bits per heavy atom. The molecule has 1 saturated carbocycles. The number of nitrogens with one attached hydrogen (secondary N) is 3. The maximum atomic E-state index is 13.4. The highest BCUT2D eigenvalue weighted by molar-refractivity contribution is 7.12. The molecule has 0 radical (unpaired) electrons. The number of H-pyrrole nitrogens is 1. The maximum absolute atomic E-state index is 13.4. The van der Waals surface area contributed by atoms with Gasteiger partial charge < -0.3 is 45.3 Å².